The van der Waals surface area contributed by atoms with Gasteiger partial charge in [-0.3, -0.25) is 9.59 Å². The highest BCUT2D eigenvalue weighted by Gasteiger charge is 2.27. The summed E-state index contributed by atoms with van der Waals surface area (Å²) in [4.78, 5) is 25.8. The van der Waals surface area contributed by atoms with E-state index >= 15 is 0 Å². The minimum absolute atomic E-state index is 0.0507. The van der Waals surface area contributed by atoms with Gasteiger partial charge < -0.3 is 16.0 Å². The molecule has 0 aromatic heterocycles. The van der Waals surface area contributed by atoms with E-state index in [-0.39, 0.29) is 17.9 Å². The fourth-order valence-corrected chi connectivity index (χ4v) is 2.06. The van der Waals surface area contributed by atoms with Crippen molar-refractivity contribution in [2.45, 2.75) is 58.4 Å². The second-order valence-electron chi connectivity index (χ2n) is 4.71. The van der Waals surface area contributed by atoms with Gasteiger partial charge in [-0.25, -0.2) is 0 Å². The van der Waals surface area contributed by atoms with Crippen molar-refractivity contribution in [2.75, 3.05) is 20.1 Å². The molecule has 0 aromatic rings. The van der Waals surface area contributed by atoms with Crippen molar-refractivity contribution < 1.29 is 9.59 Å². The monoisotopic (exact) mass is 271 g/mol. The van der Waals surface area contributed by atoms with Gasteiger partial charge in [0.15, 0.2) is 0 Å². The molecule has 0 aliphatic heterocycles. The van der Waals surface area contributed by atoms with E-state index < -0.39 is 0 Å². The molecule has 2 amide bonds. The predicted octanol–water partition coefficient (Wildman–Crippen LogP) is 1.27. The molecular weight excluding hydrogens is 242 g/mol. The number of nitrogens with two attached hydrogens (primary N) is 1. The average Bonchev–Trinajstić information content (AvgIpc) is 2.44. The molecule has 0 aliphatic rings. The topological polar surface area (TPSA) is 75.4 Å². The Hall–Kier alpha value is -1.10. The van der Waals surface area contributed by atoms with Gasteiger partial charge in [0.1, 0.15) is 6.04 Å². The summed E-state index contributed by atoms with van der Waals surface area (Å²) in [6.45, 7) is 5.20. The molecule has 0 spiro atoms. The summed E-state index contributed by atoms with van der Waals surface area (Å²) in [5.74, 6) is -0.0234. The van der Waals surface area contributed by atoms with Crippen molar-refractivity contribution in [3.05, 3.63) is 0 Å². The molecular formula is C14H29N3O2. The smallest absolute Gasteiger partial charge is 0.242 e. The Morgan fingerprint density at radius 2 is 1.89 bits per heavy atom. The molecule has 0 saturated heterocycles. The maximum atomic E-state index is 12.0. The van der Waals surface area contributed by atoms with Gasteiger partial charge >= 0.3 is 0 Å². The molecule has 0 aromatic carbocycles. The second-order valence-corrected chi connectivity index (χ2v) is 4.71. The molecule has 0 saturated carbocycles. The maximum absolute atomic E-state index is 12.0. The Balaban J connectivity index is 4.78. The van der Waals surface area contributed by atoms with Crippen molar-refractivity contribution in [3.8, 4) is 0 Å². The number of nitrogens with zero attached hydrogens (tertiary/aromatic N) is 1. The molecule has 112 valence electrons. The maximum Gasteiger partial charge on any atom is 0.242 e. The first-order chi connectivity index (χ1) is 9.12. The normalized spacial score (nSPS) is 12.0. The molecule has 0 bridgehead atoms. The highest BCUT2D eigenvalue weighted by Crippen LogP contribution is 2.12. The van der Waals surface area contributed by atoms with Crippen molar-refractivity contribution in [1.82, 2.24) is 10.2 Å². The van der Waals surface area contributed by atoms with Gasteiger partial charge in [0, 0.05) is 20.0 Å². The minimum Gasteiger partial charge on any atom is -0.357 e. The predicted molar refractivity (Wildman–Crippen MR) is 77.7 cm³/mol. The second kappa shape index (κ2) is 10.8. The third-order valence-corrected chi connectivity index (χ3v) is 3.23. The number of amides is 2. The zero-order valence-corrected chi connectivity index (χ0v) is 12.6. The number of nitrogens with one attached hydrogen (secondary N) is 1. The Bertz CT molecular complexity index is 269. The third-order valence-electron chi connectivity index (χ3n) is 3.23. The lowest BCUT2D eigenvalue weighted by Crippen LogP contribution is -2.49. The first kappa shape index (κ1) is 17.9. The summed E-state index contributed by atoms with van der Waals surface area (Å²) in [6, 6.07) is -0.351. The summed E-state index contributed by atoms with van der Waals surface area (Å²) in [5.41, 5.74) is 5.48. The Kier molecular flexibility index (Phi) is 10.2. The van der Waals surface area contributed by atoms with Crippen LogP contribution in [0.5, 0.6) is 0 Å². The van der Waals surface area contributed by atoms with E-state index in [1.54, 1.807) is 11.9 Å². The van der Waals surface area contributed by atoms with Crippen LogP contribution in [0.2, 0.25) is 0 Å². The summed E-state index contributed by atoms with van der Waals surface area (Å²) < 4.78 is 0. The molecule has 0 radical (unpaired) electrons. The molecule has 0 unspecified atom stereocenters. The van der Waals surface area contributed by atoms with E-state index in [2.05, 4.69) is 12.2 Å². The van der Waals surface area contributed by atoms with Crippen LogP contribution in [-0.2, 0) is 9.59 Å². The molecule has 5 heteroatoms. The van der Waals surface area contributed by atoms with Crippen LogP contribution in [0, 0.1) is 0 Å². The average molecular weight is 271 g/mol. The van der Waals surface area contributed by atoms with Crippen LogP contribution in [0.15, 0.2) is 0 Å². The molecule has 19 heavy (non-hydrogen) atoms. The van der Waals surface area contributed by atoms with Gasteiger partial charge in [-0.05, 0) is 32.2 Å². The van der Waals surface area contributed by atoms with Gasteiger partial charge in [-0.2, -0.15) is 0 Å². The lowest BCUT2D eigenvalue weighted by Gasteiger charge is -2.30. The molecule has 0 rings (SSSR count). The van der Waals surface area contributed by atoms with E-state index in [0.29, 0.717) is 25.9 Å². The van der Waals surface area contributed by atoms with Gasteiger partial charge in [0.25, 0.3) is 0 Å². The molecule has 5 nitrogen and oxygen atoms in total. The number of likely N-dealkylation sites (N-methyl/N-ethyl adjacent to an activating group) is 1. The van der Waals surface area contributed by atoms with Gasteiger partial charge in [-0.15, -0.1) is 0 Å². The molecule has 0 fully saturated rings. The van der Waals surface area contributed by atoms with Crippen molar-refractivity contribution in [1.29, 1.82) is 0 Å². The summed E-state index contributed by atoms with van der Waals surface area (Å²) in [6.07, 6.45) is 4.82. The minimum atomic E-state index is -0.351. The summed E-state index contributed by atoms with van der Waals surface area (Å²) in [7, 11) is 1.62. The number of hydrogen-bond donors (Lipinski definition) is 2. The van der Waals surface area contributed by atoms with Gasteiger partial charge in [0.2, 0.25) is 11.8 Å². The van der Waals surface area contributed by atoms with Crippen LogP contribution in [0.25, 0.3) is 0 Å². The first-order valence-electron chi connectivity index (χ1n) is 7.33. The standard InChI is InChI=1S/C14H29N3O2/c1-4-6-11-17(13(18)5-2)12(14(19)16-3)9-7-8-10-15/h12H,4-11,15H2,1-3H3,(H,16,19)/t12-/m0/s1. The van der Waals surface area contributed by atoms with E-state index in [0.717, 1.165) is 25.7 Å². The number of hydrogen-bond acceptors (Lipinski definition) is 3. The van der Waals surface area contributed by atoms with Crippen LogP contribution in [-0.4, -0.2) is 42.9 Å². The number of rotatable bonds is 10. The highest BCUT2D eigenvalue weighted by molar-refractivity contribution is 5.87. The lowest BCUT2D eigenvalue weighted by atomic mass is 10.1. The van der Waals surface area contributed by atoms with Gasteiger partial charge in [-0.1, -0.05) is 20.3 Å². The third kappa shape index (κ3) is 6.57. The number of carbonyl (C=O) groups excluding carboxylic acids is 2. The zero-order chi connectivity index (χ0) is 14.7. The van der Waals surface area contributed by atoms with Gasteiger partial charge in [0.05, 0.1) is 0 Å². The van der Waals surface area contributed by atoms with Crippen LogP contribution in [0.1, 0.15) is 52.4 Å². The molecule has 1 atom stereocenters. The Labute approximate surface area is 116 Å². The largest absolute Gasteiger partial charge is 0.357 e. The quantitative estimate of drug-likeness (QED) is 0.588. The number of carbonyl (C=O) groups is 2. The van der Waals surface area contributed by atoms with E-state index in [9.17, 15) is 9.59 Å². The van der Waals surface area contributed by atoms with Crippen LogP contribution in [0.3, 0.4) is 0 Å². The zero-order valence-electron chi connectivity index (χ0n) is 12.6. The molecule has 0 aliphatic carbocycles. The van der Waals surface area contributed by atoms with Crippen molar-refractivity contribution in [2.24, 2.45) is 5.73 Å². The summed E-state index contributed by atoms with van der Waals surface area (Å²) in [5, 5.41) is 2.66. The van der Waals surface area contributed by atoms with E-state index in [4.69, 9.17) is 5.73 Å². The van der Waals surface area contributed by atoms with Crippen molar-refractivity contribution in [3.63, 3.8) is 0 Å². The molecule has 0 heterocycles. The first-order valence-corrected chi connectivity index (χ1v) is 7.33. The SMILES string of the molecule is CCCCN(C(=O)CC)[C@@H](CCCCN)C(=O)NC. The van der Waals surface area contributed by atoms with Crippen molar-refractivity contribution >= 4 is 11.8 Å². The Morgan fingerprint density at radius 3 is 2.37 bits per heavy atom. The highest BCUT2D eigenvalue weighted by atomic mass is 16.2. The Morgan fingerprint density at radius 1 is 1.21 bits per heavy atom. The fraction of sp³-hybridized carbons (Fsp3) is 0.857. The summed E-state index contributed by atoms with van der Waals surface area (Å²) >= 11 is 0. The van der Waals surface area contributed by atoms with E-state index in [1.165, 1.54) is 0 Å². The number of unbranched alkanes of at least 4 members (excludes halogenated alkanes) is 2. The van der Waals surface area contributed by atoms with Crippen LogP contribution >= 0.6 is 0 Å². The fourth-order valence-electron chi connectivity index (χ4n) is 2.06. The van der Waals surface area contributed by atoms with E-state index in [1.807, 2.05) is 6.92 Å². The van der Waals surface area contributed by atoms with Crippen LogP contribution in [0.4, 0.5) is 0 Å². The van der Waals surface area contributed by atoms with Crippen LogP contribution < -0.4 is 11.1 Å². The lowest BCUT2D eigenvalue weighted by molar-refractivity contribution is -0.140. The molecule has 3 N–H and O–H groups in total.